The van der Waals surface area contributed by atoms with Gasteiger partial charge in [0.2, 0.25) is 0 Å². The van der Waals surface area contributed by atoms with Crippen molar-refractivity contribution in [1.82, 2.24) is 0 Å². The van der Waals surface area contributed by atoms with Gasteiger partial charge in [0.1, 0.15) is 0 Å². The third-order valence-corrected chi connectivity index (χ3v) is 5.06. The first-order chi connectivity index (χ1) is 13.7. The van der Waals surface area contributed by atoms with Gasteiger partial charge in [0.15, 0.2) is 0 Å². The number of hydrogen-bond acceptors (Lipinski definition) is 2. The maximum Gasteiger partial charge on any atom is 0.305 e. The molecule has 0 aromatic rings. The minimum atomic E-state index is -0.00359. The van der Waals surface area contributed by atoms with Gasteiger partial charge in [-0.05, 0) is 50.9 Å². The molecule has 0 saturated carbocycles. The Morgan fingerprint density at radius 3 is 2.11 bits per heavy atom. The second-order valence-electron chi connectivity index (χ2n) is 7.70. The van der Waals surface area contributed by atoms with Crippen molar-refractivity contribution >= 4 is 5.97 Å². The summed E-state index contributed by atoms with van der Waals surface area (Å²) < 4.78 is 5.45. The first kappa shape index (κ1) is 26.7. The van der Waals surface area contributed by atoms with E-state index in [1.165, 1.54) is 44.9 Å². The second-order valence-corrected chi connectivity index (χ2v) is 7.70. The van der Waals surface area contributed by atoms with Crippen LogP contribution in [-0.4, -0.2) is 12.6 Å². The fourth-order valence-corrected chi connectivity index (χ4v) is 3.07. The predicted molar refractivity (Wildman–Crippen MR) is 124 cm³/mol. The molecule has 0 bridgehead atoms. The van der Waals surface area contributed by atoms with E-state index in [2.05, 4.69) is 57.2 Å². The molecule has 2 heteroatoms. The Hall–Kier alpha value is -1.31. The Balaban J connectivity index is 3.45. The van der Waals surface area contributed by atoms with E-state index in [-0.39, 0.29) is 5.97 Å². The lowest BCUT2D eigenvalue weighted by atomic mass is 10.0. The Kier molecular flexibility index (Phi) is 21.0. The van der Waals surface area contributed by atoms with E-state index in [0.29, 0.717) is 18.9 Å². The molecular formula is C26H46O2. The molecular weight excluding hydrogens is 344 g/mol. The number of rotatable bonds is 19. The molecule has 0 saturated heterocycles. The number of carbonyl (C=O) groups excluding carboxylic acids is 1. The molecule has 1 atom stereocenters. The Morgan fingerprint density at radius 1 is 0.786 bits per heavy atom. The summed E-state index contributed by atoms with van der Waals surface area (Å²) in [6, 6.07) is 0. The van der Waals surface area contributed by atoms with Crippen molar-refractivity contribution in [3.05, 3.63) is 36.5 Å². The van der Waals surface area contributed by atoms with Crippen molar-refractivity contribution in [2.45, 2.75) is 111 Å². The molecule has 162 valence electrons. The van der Waals surface area contributed by atoms with Crippen molar-refractivity contribution in [2.75, 3.05) is 6.61 Å². The number of hydrogen-bond donors (Lipinski definition) is 0. The standard InChI is InChI=1S/C26H46O2/c1-4-7-9-10-11-12-13-14-15-16-17-18-19-20-21-23-26(27)28-24-25(6-3)22-8-5-2/h7,9,11-12,14-15,25H,4-6,8,10,13,16-24H2,1-3H3/b9-7-,12-11-,15-14-. The molecule has 0 spiro atoms. The molecule has 28 heavy (non-hydrogen) atoms. The summed E-state index contributed by atoms with van der Waals surface area (Å²) in [7, 11) is 0. The van der Waals surface area contributed by atoms with Gasteiger partial charge in [-0.2, -0.15) is 0 Å². The third kappa shape index (κ3) is 19.5. The van der Waals surface area contributed by atoms with Crippen molar-refractivity contribution < 1.29 is 9.53 Å². The van der Waals surface area contributed by atoms with E-state index in [1.807, 2.05) is 0 Å². The van der Waals surface area contributed by atoms with Crippen molar-refractivity contribution in [1.29, 1.82) is 0 Å². The fraction of sp³-hybridized carbons (Fsp3) is 0.731. The highest BCUT2D eigenvalue weighted by Crippen LogP contribution is 2.14. The van der Waals surface area contributed by atoms with Crippen LogP contribution in [0.1, 0.15) is 111 Å². The lowest BCUT2D eigenvalue weighted by Crippen LogP contribution is -2.13. The van der Waals surface area contributed by atoms with Crippen LogP contribution >= 0.6 is 0 Å². The number of unbranched alkanes of at least 4 members (excludes halogenated alkanes) is 6. The maximum atomic E-state index is 11.8. The van der Waals surface area contributed by atoms with E-state index in [0.717, 1.165) is 38.5 Å². The molecule has 0 aliphatic heterocycles. The zero-order valence-corrected chi connectivity index (χ0v) is 19.0. The van der Waals surface area contributed by atoms with Gasteiger partial charge >= 0.3 is 5.97 Å². The normalized spacial score (nSPS) is 13.1. The van der Waals surface area contributed by atoms with Gasteiger partial charge in [-0.1, -0.05) is 95.8 Å². The third-order valence-electron chi connectivity index (χ3n) is 5.06. The molecule has 0 amide bonds. The molecule has 0 aromatic heterocycles. The largest absolute Gasteiger partial charge is 0.465 e. The molecule has 0 fully saturated rings. The molecule has 0 aliphatic rings. The highest BCUT2D eigenvalue weighted by molar-refractivity contribution is 5.69. The van der Waals surface area contributed by atoms with Crippen LogP contribution in [0.2, 0.25) is 0 Å². The Morgan fingerprint density at radius 2 is 1.43 bits per heavy atom. The van der Waals surface area contributed by atoms with Gasteiger partial charge < -0.3 is 4.74 Å². The van der Waals surface area contributed by atoms with Crippen LogP contribution in [0, 0.1) is 5.92 Å². The molecule has 0 rings (SSSR count). The summed E-state index contributed by atoms with van der Waals surface area (Å²) in [6.45, 7) is 7.17. The highest BCUT2D eigenvalue weighted by atomic mass is 16.5. The first-order valence-electron chi connectivity index (χ1n) is 11.8. The zero-order valence-electron chi connectivity index (χ0n) is 19.0. The van der Waals surface area contributed by atoms with Crippen LogP contribution in [0.5, 0.6) is 0 Å². The smallest absolute Gasteiger partial charge is 0.305 e. The molecule has 0 heterocycles. The first-order valence-corrected chi connectivity index (χ1v) is 11.8. The van der Waals surface area contributed by atoms with Crippen LogP contribution in [0.25, 0.3) is 0 Å². The molecule has 2 nitrogen and oxygen atoms in total. The Labute approximate surface area is 175 Å². The van der Waals surface area contributed by atoms with E-state index in [1.54, 1.807) is 0 Å². The SMILES string of the molecule is CC/C=C\C/C=C\C/C=C\CCCCCCCC(=O)OCC(CC)CCCC. The minimum absolute atomic E-state index is 0.00359. The van der Waals surface area contributed by atoms with Gasteiger partial charge in [-0.25, -0.2) is 0 Å². The number of ether oxygens (including phenoxy) is 1. The Bertz CT molecular complexity index is 420. The summed E-state index contributed by atoms with van der Waals surface area (Å²) in [6.07, 6.45) is 29.0. The van der Waals surface area contributed by atoms with Crippen LogP contribution < -0.4 is 0 Å². The highest BCUT2D eigenvalue weighted by Gasteiger charge is 2.09. The maximum absolute atomic E-state index is 11.8. The van der Waals surface area contributed by atoms with Crippen molar-refractivity contribution in [3.63, 3.8) is 0 Å². The van der Waals surface area contributed by atoms with E-state index < -0.39 is 0 Å². The molecule has 1 unspecified atom stereocenters. The monoisotopic (exact) mass is 390 g/mol. The second kappa shape index (κ2) is 22.0. The van der Waals surface area contributed by atoms with Gasteiger partial charge in [-0.15, -0.1) is 0 Å². The topological polar surface area (TPSA) is 26.3 Å². The predicted octanol–water partition coefficient (Wildman–Crippen LogP) is 8.34. The van der Waals surface area contributed by atoms with Crippen molar-refractivity contribution in [2.24, 2.45) is 5.92 Å². The van der Waals surface area contributed by atoms with E-state index >= 15 is 0 Å². The summed E-state index contributed by atoms with van der Waals surface area (Å²) in [5.41, 5.74) is 0. The number of allylic oxidation sites excluding steroid dienone is 6. The summed E-state index contributed by atoms with van der Waals surface area (Å²) in [4.78, 5) is 11.8. The average molecular weight is 391 g/mol. The van der Waals surface area contributed by atoms with Crippen molar-refractivity contribution in [3.8, 4) is 0 Å². The average Bonchev–Trinajstić information content (AvgIpc) is 2.71. The summed E-state index contributed by atoms with van der Waals surface area (Å²) >= 11 is 0. The van der Waals surface area contributed by atoms with E-state index in [9.17, 15) is 4.79 Å². The zero-order chi connectivity index (χ0) is 20.7. The van der Waals surface area contributed by atoms with Gasteiger partial charge in [0.25, 0.3) is 0 Å². The van der Waals surface area contributed by atoms with Gasteiger partial charge in [-0.3, -0.25) is 4.79 Å². The van der Waals surface area contributed by atoms with Gasteiger partial charge in [0.05, 0.1) is 6.61 Å². The summed E-state index contributed by atoms with van der Waals surface area (Å²) in [5, 5.41) is 0. The lowest BCUT2D eigenvalue weighted by Gasteiger charge is -2.14. The number of carbonyl (C=O) groups is 1. The molecule has 0 N–H and O–H groups in total. The fourth-order valence-electron chi connectivity index (χ4n) is 3.07. The van der Waals surface area contributed by atoms with Gasteiger partial charge in [0, 0.05) is 6.42 Å². The van der Waals surface area contributed by atoms with Crippen LogP contribution in [-0.2, 0) is 9.53 Å². The molecule has 0 aromatic carbocycles. The van der Waals surface area contributed by atoms with Crippen LogP contribution in [0.3, 0.4) is 0 Å². The van der Waals surface area contributed by atoms with E-state index in [4.69, 9.17) is 4.74 Å². The van der Waals surface area contributed by atoms with Crippen LogP contribution in [0.15, 0.2) is 36.5 Å². The molecule has 0 radical (unpaired) electrons. The summed E-state index contributed by atoms with van der Waals surface area (Å²) in [5.74, 6) is 0.543. The lowest BCUT2D eigenvalue weighted by molar-refractivity contribution is -0.145. The quantitative estimate of drug-likeness (QED) is 0.126. The molecule has 0 aliphatic carbocycles. The minimum Gasteiger partial charge on any atom is -0.465 e. The van der Waals surface area contributed by atoms with Crippen LogP contribution in [0.4, 0.5) is 0 Å². The number of esters is 1.